The first-order valence-electron chi connectivity index (χ1n) is 6.53. The lowest BCUT2D eigenvalue weighted by molar-refractivity contribution is -0.116. The molecule has 0 fully saturated rings. The van der Waals surface area contributed by atoms with Crippen LogP contribution in [0.25, 0.3) is 0 Å². The van der Waals surface area contributed by atoms with Gasteiger partial charge < -0.3 is 4.90 Å². The molecule has 0 unspecified atom stereocenters. The Balaban J connectivity index is 2.09. The molecular formula is C16H16N2O. The van der Waals surface area contributed by atoms with Crippen LogP contribution in [-0.4, -0.2) is 10.9 Å². The van der Waals surface area contributed by atoms with Gasteiger partial charge >= 0.3 is 0 Å². The van der Waals surface area contributed by atoms with Crippen molar-refractivity contribution in [3.63, 3.8) is 0 Å². The average molecular weight is 252 g/mol. The van der Waals surface area contributed by atoms with Crippen molar-refractivity contribution in [3.8, 4) is 0 Å². The molecule has 0 radical (unpaired) electrons. The molecule has 2 aromatic rings. The smallest absolute Gasteiger partial charge is 0.224 e. The normalized spacial score (nSPS) is 14.1. The van der Waals surface area contributed by atoms with Crippen LogP contribution in [0.3, 0.4) is 0 Å². The van der Waals surface area contributed by atoms with E-state index in [1.54, 1.807) is 13.1 Å². The van der Waals surface area contributed by atoms with Crippen LogP contribution in [0.5, 0.6) is 0 Å². The van der Waals surface area contributed by atoms with Gasteiger partial charge in [0.1, 0.15) is 0 Å². The van der Waals surface area contributed by atoms with Crippen LogP contribution in [-0.2, 0) is 24.2 Å². The summed E-state index contributed by atoms with van der Waals surface area (Å²) in [6.45, 7) is 2.25. The Morgan fingerprint density at radius 1 is 1.11 bits per heavy atom. The van der Waals surface area contributed by atoms with E-state index in [1.807, 2.05) is 35.4 Å². The van der Waals surface area contributed by atoms with Crippen molar-refractivity contribution in [2.75, 3.05) is 4.90 Å². The number of hydrogen-bond acceptors (Lipinski definition) is 2. The molecular weight excluding hydrogens is 236 g/mol. The van der Waals surface area contributed by atoms with Crippen LogP contribution >= 0.6 is 0 Å². The summed E-state index contributed by atoms with van der Waals surface area (Å²) in [4.78, 5) is 18.0. The van der Waals surface area contributed by atoms with Crippen molar-refractivity contribution in [1.29, 1.82) is 0 Å². The molecule has 1 aromatic carbocycles. The molecule has 1 aliphatic rings. The standard InChI is InChI=1S/C16H16N2O/c1-12(19)18-11-15-8-9-17-10-14(15)7-6-13-4-2-3-5-16(13)18/h2-5,8-10H,6-7,11H2,1H3. The number of rotatable bonds is 0. The molecule has 1 aromatic heterocycles. The van der Waals surface area contributed by atoms with Crippen molar-refractivity contribution in [2.45, 2.75) is 26.3 Å². The second-order valence-corrected chi connectivity index (χ2v) is 4.88. The van der Waals surface area contributed by atoms with Crippen LogP contribution < -0.4 is 4.90 Å². The summed E-state index contributed by atoms with van der Waals surface area (Å²) in [5.74, 6) is 0.0807. The number of hydrogen-bond donors (Lipinski definition) is 0. The Hall–Kier alpha value is -2.16. The Kier molecular flexibility index (Phi) is 3.03. The Labute approximate surface area is 112 Å². The summed E-state index contributed by atoms with van der Waals surface area (Å²) < 4.78 is 0. The maximum atomic E-state index is 11.9. The monoisotopic (exact) mass is 252 g/mol. The first-order valence-corrected chi connectivity index (χ1v) is 6.53. The molecule has 0 bridgehead atoms. The molecule has 0 spiro atoms. The van der Waals surface area contributed by atoms with Crippen LogP contribution in [0.4, 0.5) is 5.69 Å². The van der Waals surface area contributed by atoms with E-state index in [2.05, 4.69) is 11.1 Å². The second-order valence-electron chi connectivity index (χ2n) is 4.88. The van der Waals surface area contributed by atoms with Gasteiger partial charge in [-0.2, -0.15) is 0 Å². The average Bonchev–Trinajstić information content (AvgIpc) is 2.41. The van der Waals surface area contributed by atoms with E-state index >= 15 is 0 Å². The number of carbonyl (C=O) groups is 1. The maximum absolute atomic E-state index is 11.9. The molecule has 0 N–H and O–H groups in total. The lowest BCUT2D eigenvalue weighted by atomic mass is 9.97. The number of nitrogens with zero attached hydrogens (tertiary/aromatic N) is 2. The SMILES string of the molecule is CC(=O)N1Cc2ccncc2CCc2ccccc21. The lowest BCUT2D eigenvalue weighted by Crippen LogP contribution is -2.30. The van der Waals surface area contributed by atoms with Gasteiger partial charge in [0.05, 0.1) is 6.54 Å². The third-order valence-corrected chi connectivity index (χ3v) is 3.66. The van der Waals surface area contributed by atoms with Gasteiger partial charge in [-0.1, -0.05) is 18.2 Å². The second kappa shape index (κ2) is 4.84. The third kappa shape index (κ3) is 2.24. The Morgan fingerprint density at radius 2 is 1.89 bits per heavy atom. The Morgan fingerprint density at radius 3 is 2.74 bits per heavy atom. The topological polar surface area (TPSA) is 33.2 Å². The quantitative estimate of drug-likeness (QED) is 0.722. The van der Waals surface area contributed by atoms with Crippen LogP contribution in [0.2, 0.25) is 0 Å². The summed E-state index contributed by atoms with van der Waals surface area (Å²) in [6, 6.07) is 10.2. The van der Waals surface area contributed by atoms with Crippen molar-refractivity contribution in [2.24, 2.45) is 0 Å². The summed E-state index contributed by atoms with van der Waals surface area (Å²) in [5.41, 5.74) is 4.70. The molecule has 96 valence electrons. The van der Waals surface area contributed by atoms with Crippen molar-refractivity contribution >= 4 is 11.6 Å². The van der Waals surface area contributed by atoms with E-state index in [-0.39, 0.29) is 5.91 Å². The first-order chi connectivity index (χ1) is 9.25. The predicted octanol–water partition coefficient (Wildman–Crippen LogP) is 2.73. The summed E-state index contributed by atoms with van der Waals surface area (Å²) in [7, 11) is 0. The van der Waals surface area contributed by atoms with Crippen molar-refractivity contribution in [3.05, 3.63) is 59.4 Å². The highest BCUT2D eigenvalue weighted by Crippen LogP contribution is 2.27. The highest BCUT2D eigenvalue weighted by Gasteiger charge is 2.19. The van der Waals surface area contributed by atoms with E-state index in [1.165, 1.54) is 16.7 Å². The van der Waals surface area contributed by atoms with Gasteiger partial charge in [-0.15, -0.1) is 0 Å². The molecule has 1 aliphatic heterocycles. The number of benzene rings is 1. The molecule has 1 amide bonds. The predicted molar refractivity (Wildman–Crippen MR) is 75.0 cm³/mol. The highest BCUT2D eigenvalue weighted by molar-refractivity contribution is 5.92. The molecule has 0 saturated heterocycles. The molecule has 3 heteroatoms. The Bertz CT molecular complexity index is 622. The number of amides is 1. The van der Waals surface area contributed by atoms with E-state index in [0.717, 1.165) is 18.5 Å². The van der Waals surface area contributed by atoms with Gasteiger partial charge in [0.15, 0.2) is 0 Å². The van der Waals surface area contributed by atoms with Gasteiger partial charge in [0.25, 0.3) is 0 Å². The molecule has 19 heavy (non-hydrogen) atoms. The van der Waals surface area contributed by atoms with Gasteiger partial charge in [-0.3, -0.25) is 9.78 Å². The van der Waals surface area contributed by atoms with E-state index in [9.17, 15) is 4.79 Å². The minimum atomic E-state index is 0.0807. The third-order valence-electron chi connectivity index (χ3n) is 3.66. The number of carbonyl (C=O) groups excluding carboxylic acids is 1. The van der Waals surface area contributed by atoms with Crippen LogP contribution in [0.1, 0.15) is 23.6 Å². The molecule has 3 rings (SSSR count). The maximum Gasteiger partial charge on any atom is 0.224 e. The number of aryl methyl sites for hydroxylation is 2. The van der Waals surface area contributed by atoms with Crippen molar-refractivity contribution in [1.82, 2.24) is 4.98 Å². The fraction of sp³-hybridized carbons (Fsp3) is 0.250. The van der Waals surface area contributed by atoms with Crippen LogP contribution in [0.15, 0.2) is 42.7 Å². The molecule has 2 heterocycles. The fourth-order valence-electron chi connectivity index (χ4n) is 2.63. The van der Waals surface area contributed by atoms with E-state index < -0.39 is 0 Å². The van der Waals surface area contributed by atoms with Crippen molar-refractivity contribution < 1.29 is 4.79 Å². The molecule has 0 saturated carbocycles. The summed E-state index contributed by atoms with van der Waals surface area (Å²) in [5, 5.41) is 0. The number of anilines is 1. The lowest BCUT2D eigenvalue weighted by Gasteiger charge is -2.27. The number of aromatic nitrogens is 1. The fourth-order valence-corrected chi connectivity index (χ4v) is 2.63. The number of para-hydroxylation sites is 1. The number of pyridine rings is 1. The highest BCUT2D eigenvalue weighted by atomic mass is 16.2. The zero-order valence-corrected chi connectivity index (χ0v) is 11.0. The minimum Gasteiger partial charge on any atom is -0.308 e. The zero-order chi connectivity index (χ0) is 13.2. The molecule has 0 atom stereocenters. The zero-order valence-electron chi connectivity index (χ0n) is 11.0. The molecule has 0 aliphatic carbocycles. The summed E-state index contributed by atoms with van der Waals surface area (Å²) >= 11 is 0. The van der Waals surface area contributed by atoms with Gasteiger partial charge in [0.2, 0.25) is 5.91 Å². The van der Waals surface area contributed by atoms with Gasteiger partial charge in [-0.05, 0) is 41.7 Å². The summed E-state index contributed by atoms with van der Waals surface area (Å²) in [6.07, 6.45) is 5.64. The van der Waals surface area contributed by atoms with Gasteiger partial charge in [0, 0.05) is 25.0 Å². The van der Waals surface area contributed by atoms with E-state index in [0.29, 0.717) is 6.54 Å². The minimum absolute atomic E-state index is 0.0807. The van der Waals surface area contributed by atoms with Crippen LogP contribution in [0, 0.1) is 0 Å². The first kappa shape index (κ1) is 11.9. The number of fused-ring (bicyclic) bond motifs is 2. The van der Waals surface area contributed by atoms with Gasteiger partial charge in [-0.25, -0.2) is 0 Å². The molecule has 3 nitrogen and oxygen atoms in total. The van der Waals surface area contributed by atoms with E-state index in [4.69, 9.17) is 0 Å². The largest absolute Gasteiger partial charge is 0.308 e.